The zero-order valence-corrected chi connectivity index (χ0v) is 16.9. The second-order valence-electron chi connectivity index (χ2n) is 6.71. The summed E-state index contributed by atoms with van der Waals surface area (Å²) in [7, 11) is 0. The van der Waals surface area contributed by atoms with Gasteiger partial charge in [-0.15, -0.1) is 5.10 Å². The van der Waals surface area contributed by atoms with Crippen molar-refractivity contribution in [3.05, 3.63) is 75.6 Å². The van der Waals surface area contributed by atoms with E-state index < -0.39 is 0 Å². The fourth-order valence-corrected chi connectivity index (χ4v) is 3.35. The van der Waals surface area contributed by atoms with Crippen LogP contribution < -0.4 is 5.56 Å². The molecule has 9 nitrogen and oxygen atoms in total. The number of fused-ring (bicyclic) bond motifs is 1. The van der Waals surface area contributed by atoms with E-state index in [4.69, 9.17) is 11.6 Å². The van der Waals surface area contributed by atoms with Gasteiger partial charge in [0, 0.05) is 17.1 Å². The molecule has 2 aromatic heterocycles. The van der Waals surface area contributed by atoms with Crippen LogP contribution in [-0.2, 0) is 6.54 Å². The van der Waals surface area contributed by atoms with E-state index in [9.17, 15) is 9.59 Å². The SMILES string of the molecule is CCCN(Cc1nc2cc(Cl)ccc2c(=O)[nH]1)C(=O)c1cccc(-n2cnnn2)c1. The first-order valence-electron chi connectivity index (χ1n) is 9.36. The number of amides is 1. The van der Waals surface area contributed by atoms with Gasteiger partial charge < -0.3 is 9.88 Å². The van der Waals surface area contributed by atoms with Crippen molar-refractivity contribution in [1.82, 2.24) is 35.1 Å². The van der Waals surface area contributed by atoms with Gasteiger partial charge in [-0.2, -0.15) is 0 Å². The van der Waals surface area contributed by atoms with E-state index in [1.54, 1.807) is 41.3 Å². The van der Waals surface area contributed by atoms with Crippen molar-refractivity contribution in [3.8, 4) is 5.69 Å². The van der Waals surface area contributed by atoms with Gasteiger partial charge >= 0.3 is 0 Å². The van der Waals surface area contributed by atoms with Gasteiger partial charge in [0.25, 0.3) is 11.5 Å². The van der Waals surface area contributed by atoms with Gasteiger partial charge in [-0.25, -0.2) is 9.67 Å². The molecule has 4 rings (SSSR count). The smallest absolute Gasteiger partial charge is 0.258 e. The summed E-state index contributed by atoms with van der Waals surface area (Å²) >= 11 is 6.03. The number of benzene rings is 2. The van der Waals surface area contributed by atoms with Crippen LogP contribution in [0, 0.1) is 0 Å². The molecule has 0 aliphatic heterocycles. The summed E-state index contributed by atoms with van der Waals surface area (Å²) in [6, 6.07) is 11.9. The highest BCUT2D eigenvalue weighted by Gasteiger charge is 2.18. The zero-order valence-electron chi connectivity index (χ0n) is 16.1. The van der Waals surface area contributed by atoms with E-state index in [2.05, 4.69) is 25.5 Å². The number of carbonyl (C=O) groups is 1. The summed E-state index contributed by atoms with van der Waals surface area (Å²) in [5, 5.41) is 12.0. The summed E-state index contributed by atoms with van der Waals surface area (Å²) < 4.78 is 1.48. The van der Waals surface area contributed by atoms with Gasteiger partial charge in [-0.3, -0.25) is 9.59 Å². The van der Waals surface area contributed by atoms with Gasteiger partial charge in [-0.1, -0.05) is 24.6 Å². The number of hydrogen-bond acceptors (Lipinski definition) is 6. The highest BCUT2D eigenvalue weighted by Crippen LogP contribution is 2.16. The second-order valence-corrected chi connectivity index (χ2v) is 7.14. The van der Waals surface area contributed by atoms with Crippen LogP contribution in [0.15, 0.2) is 53.6 Å². The van der Waals surface area contributed by atoms with Crippen molar-refractivity contribution in [3.63, 3.8) is 0 Å². The molecule has 152 valence electrons. The lowest BCUT2D eigenvalue weighted by Gasteiger charge is -2.22. The highest BCUT2D eigenvalue weighted by atomic mass is 35.5. The molecule has 0 fully saturated rings. The van der Waals surface area contributed by atoms with Crippen molar-refractivity contribution in [1.29, 1.82) is 0 Å². The Morgan fingerprint density at radius 2 is 2.10 bits per heavy atom. The highest BCUT2D eigenvalue weighted by molar-refractivity contribution is 6.31. The molecule has 0 radical (unpaired) electrons. The number of nitrogens with zero attached hydrogens (tertiary/aromatic N) is 6. The maximum absolute atomic E-state index is 13.2. The molecule has 0 aliphatic rings. The predicted molar refractivity (Wildman–Crippen MR) is 112 cm³/mol. The second kappa shape index (κ2) is 8.42. The molecule has 0 aliphatic carbocycles. The minimum Gasteiger partial charge on any atom is -0.331 e. The van der Waals surface area contributed by atoms with Crippen LogP contribution in [-0.4, -0.2) is 47.5 Å². The number of H-pyrrole nitrogens is 1. The summed E-state index contributed by atoms with van der Waals surface area (Å²) in [6.45, 7) is 2.65. The normalized spacial score (nSPS) is 11.0. The number of aromatic nitrogens is 6. The Balaban J connectivity index is 1.64. The molecular formula is C20H18ClN7O2. The minimum absolute atomic E-state index is 0.166. The number of aromatic amines is 1. The average Bonchev–Trinajstić information content (AvgIpc) is 3.28. The fraction of sp³-hybridized carbons (Fsp3) is 0.200. The molecule has 0 atom stereocenters. The van der Waals surface area contributed by atoms with Crippen molar-refractivity contribution in [2.75, 3.05) is 6.54 Å². The molecule has 0 unspecified atom stereocenters. The molecule has 10 heteroatoms. The van der Waals surface area contributed by atoms with E-state index in [1.165, 1.54) is 11.0 Å². The fourth-order valence-electron chi connectivity index (χ4n) is 3.18. The molecule has 2 aromatic carbocycles. The minimum atomic E-state index is -0.267. The quantitative estimate of drug-likeness (QED) is 0.510. The zero-order chi connectivity index (χ0) is 21.1. The first kappa shape index (κ1) is 19.7. The predicted octanol–water partition coefficient (Wildman–Crippen LogP) is 2.60. The van der Waals surface area contributed by atoms with Gasteiger partial charge in [-0.05, 0) is 53.2 Å². The maximum Gasteiger partial charge on any atom is 0.258 e. The van der Waals surface area contributed by atoms with E-state index in [1.807, 2.05) is 13.0 Å². The van der Waals surface area contributed by atoms with Crippen LogP contribution in [0.3, 0.4) is 0 Å². The van der Waals surface area contributed by atoms with E-state index in [0.717, 1.165) is 6.42 Å². The Morgan fingerprint density at radius 1 is 1.23 bits per heavy atom. The van der Waals surface area contributed by atoms with E-state index in [-0.39, 0.29) is 18.0 Å². The molecule has 0 saturated heterocycles. The molecule has 1 N–H and O–H groups in total. The van der Waals surface area contributed by atoms with Gasteiger partial charge in [0.1, 0.15) is 12.2 Å². The lowest BCUT2D eigenvalue weighted by atomic mass is 10.1. The number of rotatable bonds is 6. The van der Waals surface area contributed by atoms with Crippen LogP contribution in [0.1, 0.15) is 29.5 Å². The number of tetrazole rings is 1. The summed E-state index contributed by atoms with van der Waals surface area (Å²) in [5.41, 5.74) is 1.39. The molecule has 4 aromatic rings. The van der Waals surface area contributed by atoms with Crippen LogP contribution >= 0.6 is 11.6 Å². The first-order valence-corrected chi connectivity index (χ1v) is 9.74. The molecule has 1 amide bonds. The molecular weight excluding hydrogens is 406 g/mol. The number of carbonyl (C=O) groups excluding carboxylic acids is 1. The van der Waals surface area contributed by atoms with Crippen LogP contribution in [0.5, 0.6) is 0 Å². The van der Waals surface area contributed by atoms with Crippen LogP contribution in [0.25, 0.3) is 16.6 Å². The van der Waals surface area contributed by atoms with Crippen LogP contribution in [0.2, 0.25) is 5.02 Å². The maximum atomic E-state index is 13.2. The Hall–Kier alpha value is -3.59. The van der Waals surface area contributed by atoms with Crippen molar-refractivity contribution in [2.24, 2.45) is 0 Å². The molecule has 30 heavy (non-hydrogen) atoms. The van der Waals surface area contributed by atoms with Crippen molar-refractivity contribution < 1.29 is 4.79 Å². The standard InChI is InChI=1S/C20H18ClN7O2/c1-2-8-27(11-18-23-17-10-14(21)6-7-16(17)19(29)24-18)20(30)13-4-3-5-15(9-13)28-12-22-25-26-28/h3-7,9-10,12H,2,8,11H2,1H3,(H,23,24,29). The number of hydrogen-bond donors (Lipinski definition) is 1. The number of nitrogens with one attached hydrogen (secondary N) is 1. The van der Waals surface area contributed by atoms with E-state index >= 15 is 0 Å². The largest absolute Gasteiger partial charge is 0.331 e. The van der Waals surface area contributed by atoms with Gasteiger partial charge in [0.15, 0.2) is 0 Å². The lowest BCUT2D eigenvalue weighted by molar-refractivity contribution is 0.0739. The van der Waals surface area contributed by atoms with Crippen molar-refractivity contribution >= 4 is 28.4 Å². The lowest BCUT2D eigenvalue weighted by Crippen LogP contribution is -2.33. The Bertz CT molecular complexity index is 1250. The van der Waals surface area contributed by atoms with Gasteiger partial charge in [0.05, 0.1) is 23.1 Å². The molecule has 2 heterocycles. The van der Waals surface area contributed by atoms with Gasteiger partial charge in [0.2, 0.25) is 0 Å². The summed E-state index contributed by atoms with van der Waals surface area (Å²) in [5.74, 6) is 0.216. The molecule has 0 spiro atoms. The Kier molecular flexibility index (Phi) is 5.53. The van der Waals surface area contributed by atoms with Crippen LogP contribution in [0.4, 0.5) is 0 Å². The Morgan fingerprint density at radius 3 is 2.87 bits per heavy atom. The first-order chi connectivity index (χ1) is 14.5. The third-order valence-corrected chi connectivity index (χ3v) is 4.78. The molecule has 0 saturated carbocycles. The monoisotopic (exact) mass is 423 g/mol. The third-order valence-electron chi connectivity index (χ3n) is 4.55. The third kappa shape index (κ3) is 4.06. The van der Waals surface area contributed by atoms with E-state index in [0.29, 0.717) is 39.5 Å². The number of halogens is 1. The average molecular weight is 424 g/mol. The summed E-state index contributed by atoms with van der Waals surface area (Å²) in [6.07, 6.45) is 2.21. The van der Waals surface area contributed by atoms with Crippen molar-refractivity contribution in [2.45, 2.75) is 19.9 Å². The molecule has 0 bridgehead atoms. The topological polar surface area (TPSA) is 110 Å². The Labute approximate surface area is 176 Å². The summed E-state index contributed by atoms with van der Waals surface area (Å²) in [4.78, 5) is 34.5.